The third-order valence-corrected chi connectivity index (χ3v) is 3.67. The standard InChI is InChI=1S/C19H33N3O4.HI/c1-14(2)13-26-9-7-8-21-19(20-3)22-12-15-10-17(24-5)18(25-6)11-16(15)23-4;/h10-11,14H,7-9,12-13H2,1-6H3,(H2,20,21,22);1H. The Kier molecular flexibility index (Phi) is 13.8. The van der Waals surface area contributed by atoms with Crippen LogP contribution in [0.2, 0.25) is 0 Å². The number of halogens is 1. The number of rotatable bonds is 11. The van der Waals surface area contributed by atoms with E-state index < -0.39 is 0 Å². The molecule has 8 heteroatoms. The summed E-state index contributed by atoms with van der Waals surface area (Å²) in [5.74, 6) is 3.32. The Hall–Kier alpha value is -1.42. The third-order valence-electron chi connectivity index (χ3n) is 3.67. The van der Waals surface area contributed by atoms with Gasteiger partial charge in [0.1, 0.15) is 5.75 Å². The van der Waals surface area contributed by atoms with Gasteiger partial charge in [0.05, 0.1) is 21.3 Å². The molecule has 27 heavy (non-hydrogen) atoms. The van der Waals surface area contributed by atoms with E-state index in [1.807, 2.05) is 12.1 Å². The van der Waals surface area contributed by atoms with E-state index in [-0.39, 0.29) is 24.0 Å². The quantitative estimate of drug-likeness (QED) is 0.213. The average Bonchev–Trinajstić information content (AvgIpc) is 2.65. The van der Waals surface area contributed by atoms with Crippen LogP contribution in [0.5, 0.6) is 17.2 Å². The highest BCUT2D eigenvalue weighted by molar-refractivity contribution is 14.0. The molecule has 7 nitrogen and oxygen atoms in total. The Labute approximate surface area is 180 Å². The Balaban J connectivity index is 0.00000676. The zero-order valence-corrected chi connectivity index (χ0v) is 19.6. The minimum Gasteiger partial charge on any atom is -0.496 e. The maximum atomic E-state index is 5.57. The fourth-order valence-electron chi connectivity index (χ4n) is 2.33. The first-order chi connectivity index (χ1) is 12.5. The van der Waals surface area contributed by atoms with Crippen LogP contribution in [0.15, 0.2) is 17.1 Å². The van der Waals surface area contributed by atoms with Gasteiger partial charge in [-0.15, -0.1) is 24.0 Å². The van der Waals surface area contributed by atoms with Gasteiger partial charge >= 0.3 is 0 Å². The first-order valence-corrected chi connectivity index (χ1v) is 8.86. The fourth-order valence-corrected chi connectivity index (χ4v) is 2.33. The number of guanidine groups is 1. The van der Waals surface area contributed by atoms with Crippen LogP contribution < -0.4 is 24.8 Å². The third kappa shape index (κ3) is 9.37. The number of aliphatic imine (C=N–C) groups is 1. The summed E-state index contributed by atoms with van der Waals surface area (Å²) in [6.07, 6.45) is 0.924. The molecule has 0 unspecified atom stereocenters. The molecule has 156 valence electrons. The van der Waals surface area contributed by atoms with E-state index in [1.54, 1.807) is 28.4 Å². The zero-order chi connectivity index (χ0) is 19.4. The number of methoxy groups -OCH3 is 3. The Morgan fingerprint density at radius 1 is 1.00 bits per heavy atom. The lowest BCUT2D eigenvalue weighted by Gasteiger charge is -2.16. The van der Waals surface area contributed by atoms with Gasteiger partial charge in [0, 0.05) is 45.0 Å². The summed E-state index contributed by atoms with van der Waals surface area (Å²) in [7, 11) is 6.60. The first-order valence-electron chi connectivity index (χ1n) is 8.86. The van der Waals surface area contributed by atoms with Crippen LogP contribution in [0.25, 0.3) is 0 Å². The van der Waals surface area contributed by atoms with Gasteiger partial charge in [-0.2, -0.15) is 0 Å². The van der Waals surface area contributed by atoms with Crippen molar-refractivity contribution >= 4 is 29.9 Å². The second-order valence-corrected chi connectivity index (χ2v) is 6.19. The summed E-state index contributed by atoms with van der Waals surface area (Å²) >= 11 is 0. The Morgan fingerprint density at radius 2 is 1.63 bits per heavy atom. The molecule has 0 aliphatic rings. The highest BCUT2D eigenvalue weighted by Crippen LogP contribution is 2.34. The number of hydrogen-bond donors (Lipinski definition) is 2. The number of nitrogens with zero attached hydrogens (tertiary/aromatic N) is 1. The van der Waals surface area contributed by atoms with Crippen LogP contribution in [0, 0.1) is 5.92 Å². The molecule has 0 saturated carbocycles. The molecule has 1 aromatic rings. The summed E-state index contributed by atoms with van der Waals surface area (Å²) < 4.78 is 21.7. The molecule has 0 aliphatic carbocycles. The summed E-state index contributed by atoms with van der Waals surface area (Å²) in [5, 5.41) is 6.56. The lowest BCUT2D eigenvalue weighted by atomic mass is 10.1. The highest BCUT2D eigenvalue weighted by Gasteiger charge is 2.12. The number of nitrogens with one attached hydrogen (secondary N) is 2. The van der Waals surface area contributed by atoms with E-state index in [0.29, 0.717) is 24.0 Å². The molecule has 0 atom stereocenters. The minimum absolute atomic E-state index is 0. The molecule has 0 saturated heterocycles. The van der Waals surface area contributed by atoms with Gasteiger partial charge in [-0.3, -0.25) is 4.99 Å². The summed E-state index contributed by atoms with van der Waals surface area (Å²) in [6.45, 7) is 7.17. The second kappa shape index (κ2) is 14.6. The van der Waals surface area contributed by atoms with Crippen molar-refractivity contribution in [2.75, 3.05) is 48.1 Å². The molecule has 0 radical (unpaired) electrons. The zero-order valence-electron chi connectivity index (χ0n) is 17.3. The van der Waals surface area contributed by atoms with Gasteiger partial charge in [0.2, 0.25) is 0 Å². The molecule has 0 heterocycles. The molecule has 0 spiro atoms. The van der Waals surface area contributed by atoms with E-state index in [1.165, 1.54) is 0 Å². The van der Waals surface area contributed by atoms with Gasteiger partial charge in [-0.05, 0) is 18.4 Å². The van der Waals surface area contributed by atoms with Gasteiger partial charge < -0.3 is 29.6 Å². The number of ether oxygens (including phenoxy) is 4. The Bertz CT molecular complexity index is 568. The molecule has 0 fully saturated rings. The molecule has 0 aromatic heterocycles. The average molecular weight is 495 g/mol. The minimum atomic E-state index is 0. The van der Waals surface area contributed by atoms with Crippen molar-refractivity contribution in [3.8, 4) is 17.2 Å². The molecular weight excluding hydrogens is 461 g/mol. The van der Waals surface area contributed by atoms with Crippen LogP contribution in [0.4, 0.5) is 0 Å². The summed E-state index contributed by atoms with van der Waals surface area (Å²) in [4.78, 5) is 4.24. The van der Waals surface area contributed by atoms with Crippen LogP contribution in [0.1, 0.15) is 25.8 Å². The molecule has 0 amide bonds. The molecule has 0 bridgehead atoms. The lowest BCUT2D eigenvalue weighted by Crippen LogP contribution is -2.37. The summed E-state index contributed by atoms with van der Waals surface area (Å²) in [5.41, 5.74) is 0.952. The topological polar surface area (TPSA) is 73.3 Å². The van der Waals surface area contributed by atoms with E-state index in [4.69, 9.17) is 18.9 Å². The van der Waals surface area contributed by atoms with E-state index >= 15 is 0 Å². The Morgan fingerprint density at radius 3 is 2.19 bits per heavy atom. The second-order valence-electron chi connectivity index (χ2n) is 6.19. The van der Waals surface area contributed by atoms with Crippen molar-refractivity contribution in [3.05, 3.63) is 17.7 Å². The molecule has 1 rings (SSSR count). The predicted molar refractivity (Wildman–Crippen MR) is 120 cm³/mol. The lowest BCUT2D eigenvalue weighted by molar-refractivity contribution is 0.108. The van der Waals surface area contributed by atoms with Gasteiger partial charge in [-0.25, -0.2) is 0 Å². The normalized spacial score (nSPS) is 11.0. The van der Waals surface area contributed by atoms with Crippen molar-refractivity contribution in [2.45, 2.75) is 26.8 Å². The van der Waals surface area contributed by atoms with Crippen LogP contribution >= 0.6 is 24.0 Å². The van der Waals surface area contributed by atoms with Crippen molar-refractivity contribution < 1.29 is 18.9 Å². The van der Waals surface area contributed by atoms with E-state index in [9.17, 15) is 0 Å². The van der Waals surface area contributed by atoms with Crippen LogP contribution in [-0.4, -0.2) is 54.1 Å². The van der Waals surface area contributed by atoms with E-state index in [0.717, 1.165) is 43.5 Å². The fraction of sp³-hybridized carbons (Fsp3) is 0.632. The van der Waals surface area contributed by atoms with Crippen LogP contribution in [0.3, 0.4) is 0 Å². The summed E-state index contributed by atoms with van der Waals surface area (Å²) in [6, 6.07) is 3.72. The van der Waals surface area contributed by atoms with Gasteiger partial charge in [-0.1, -0.05) is 13.8 Å². The molecule has 2 N–H and O–H groups in total. The molecule has 0 aliphatic heterocycles. The van der Waals surface area contributed by atoms with E-state index in [2.05, 4.69) is 29.5 Å². The van der Waals surface area contributed by atoms with Gasteiger partial charge in [0.25, 0.3) is 0 Å². The van der Waals surface area contributed by atoms with Crippen molar-refractivity contribution in [1.82, 2.24) is 10.6 Å². The van der Waals surface area contributed by atoms with Crippen molar-refractivity contribution in [3.63, 3.8) is 0 Å². The van der Waals surface area contributed by atoms with Crippen LogP contribution in [-0.2, 0) is 11.3 Å². The largest absolute Gasteiger partial charge is 0.496 e. The van der Waals surface area contributed by atoms with Crippen molar-refractivity contribution in [1.29, 1.82) is 0 Å². The smallest absolute Gasteiger partial charge is 0.191 e. The number of hydrogen-bond acceptors (Lipinski definition) is 5. The predicted octanol–water partition coefficient (Wildman–Crippen LogP) is 3.06. The molecule has 1 aromatic carbocycles. The molecular formula is C19H34IN3O4. The first kappa shape index (κ1) is 25.6. The maximum absolute atomic E-state index is 5.57. The highest BCUT2D eigenvalue weighted by atomic mass is 127. The van der Waals surface area contributed by atoms with Gasteiger partial charge in [0.15, 0.2) is 17.5 Å². The SMILES string of the molecule is CN=C(NCCCOCC(C)C)NCc1cc(OC)c(OC)cc1OC.I. The van der Waals surface area contributed by atoms with Crippen molar-refractivity contribution in [2.24, 2.45) is 10.9 Å². The maximum Gasteiger partial charge on any atom is 0.191 e. The monoisotopic (exact) mass is 495 g/mol. The number of benzene rings is 1.